The Morgan fingerprint density at radius 1 is 1.07 bits per heavy atom. The van der Waals surface area contributed by atoms with Gasteiger partial charge in [-0.2, -0.15) is 0 Å². The Labute approximate surface area is 157 Å². The lowest BCUT2D eigenvalue weighted by Crippen LogP contribution is -2.34. The smallest absolute Gasteiger partial charge is 0.201 e. The van der Waals surface area contributed by atoms with Gasteiger partial charge in [0.1, 0.15) is 17.0 Å². The first-order chi connectivity index (χ1) is 13.3. The van der Waals surface area contributed by atoms with E-state index in [1.54, 1.807) is 7.11 Å². The molecule has 4 rings (SSSR count). The Bertz CT molecular complexity index is 1010. The number of hydrogen-bond acceptors (Lipinski definition) is 5. The van der Waals surface area contributed by atoms with E-state index >= 15 is 0 Å². The van der Waals surface area contributed by atoms with Crippen LogP contribution in [0.5, 0.6) is 0 Å². The molecule has 138 valence electrons. The fraction of sp³-hybridized carbons (Fsp3) is 0.227. The van der Waals surface area contributed by atoms with Crippen LogP contribution in [0, 0.1) is 0 Å². The van der Waals surface area contributed by atoms with Gasteiger partial charge in [-0.1, -0.05) is 65.8 Å². The van der Waals surface area contributed by atoms with Crippen LogP contribution in [-0.4, -0.2) is 24.9 Å². The van der Waals surface area contributed by atoms with Crippen molar-refractivity contribution in [2.75, 3.05) is 13.7 Å². The van der Waals surface area contributed by atoms with Crippen molar-refractivity contribution in [3.05, 3.63) is 76.9 Å². The molecule has 0 spiro atoms. The summed E-state index contributed by atoms with van der Waals surface area (Å²) < 4.78 is 17.3. The number of ether oxygens (including phenoxy) is 2. The topological polar surface area (TPSA) is 56.5 Å². The molecule has 1 aromatic heterocycles. The fourth-order valence-electron chi connectivity index (χ4n) is 3.38. The van der Waals surface area contributed by atoms with Gasteiger partial charge in [0, 0.05) is 12.7 Å². The third kappa shape index (κ3) is 3.34. The van der Waals surface area contributed by atoms with Crippen LogP contribution in [0.15, 0.2) is 65.2 Å². The van der Waals surface area contributed by atoms with Crippen molar-refractivity contribution < 1.29 is 14.0 Å². The summed E-state index contributed by atoms with van der Waals surface area (Å²) in [6.45, 7) is 2.45. The van der Waals surface area contributed by atoms with Gasteiger partial charge in [-0.15, -0.1) is 0 Å². The predicted octanol–water partition coefficient (Wildman–Crippen LogP) is 2.58. The molecule has 3 aromatic rings. The first kappa shape index (κ1) is 17.4. The van der Waals surface area contributed by atoms with E-state index in [2.05, 4.69) is 22.6 Å². The summed E-state index contributed by atoms with van der Waals surface area (Å²) >= 11 is 0. The highest BCUT2D eigenvalue weighted by atomic mass is 16.5. The van der Waals surface area contributed by atoms with Crippen LogP contribution < -0.4 is 16.0 Å². The lowest BCUT2D eigenvalue weighted by molar-refractivity contribution is 0.118. The van der Waals surface area contributed by atoms with E-state index in [1.807, 2.05) is 61.5 Å². The molecule has 0 radical (unpaired) electrons. The molecule has 1 saturated heterocycles. The number of aromatic nitrogens is 1. The summed E-state index contributed by atoms with van der Waals surface area (Å²) in [6.07, 6.45) is 1.75. The predicted molar refractivity (Wildman–Crippen MR) is 104 cm³/mol. The van der Waals surface area contributed by atoms with Crippen LogP contribution in [-0.2, 0) is 9.47 Å². The molecule has 1 fully saturated rings. The minimum Gasteiger partial charge on any atom is -0.468 e. The van der Waals surface area contributed by atoms with Crippen LogP contribution in [0.25, 0.3) is 23.2 Å². The molecule has 5 nitrogen and oxygen atoms in total. The molecular weight excluding hydrogens is 340 g/mol. The average Bonchev–Trinajstić information content (AvgIpc) is 3.33. The van der Waals surface area contributed by atoms with Gasteiger partial charge in [0.25, 0.3) is 0 Å². The van der Waals surface area contributed by atoms with Crippen LogP contribution in [0.1, 0.15) is 18.6 Å². The molecule has 27 heavy (non-hydrogen) atoms. The molecule has 2 heterocycles. The molecule has 2 atom stereocenters. The molecule has 0 amide bonds. The number of hydrogen-bond donors (Lipinski definition) is 1. The van der Waals surface area contributed by atoms with Crippen molar-refractivity contribution in [3.8, 4) is 11.3 Å². The Kier molecular flexibility index (Phi) is 4.94. The van der Waals surface area contributed by atoms with Gasteiger partial charge in [-0.05, 0) is 18.6 Å². The highest BCUT2D eigenvalue weighted by Gasteiger charge is 2.34. The Morgan fingerprint density at radius 3 is 2.44 bits per heavy atom. The molecule has 1 aliphatic heterocycles. The standard InChI is InChI=1S/C22H22N2O3/c1-3-18-19(20(24-27-18)15-10-6-4-7-11-15)22-23-17(14-25-2)21(26-22)16-12-8-5-9-13-16/h3-13,17,21,23H,14H2,1-2H3/b18-3-,22-19+/t17-,21-/m0/s1. The van der Waals surface area contributed by atoms with Crippen molar-refractivity contribution in [2.24, 2.45) is 0 Å². The summed E-state index contributed by atoms with van der Waals surface area (Å²) in [5, 5.41) is 8.61. The van der Waals surface area contributed by atoms with Crippen molar-refractivity contribution >= 4 is 12.0 Å². The minimum atomic E-state index is -0.149. The quantitative estimate of drug-likeness (QED) is 0.773. The molecule has 0 bridgehead atoms. The van der Waals surface area contributed by atoms with Gasteiger partial charge < -0.3 is 19.3 Å². The summed E-state index contributed by atoms with van der Waals surface area (Å²) in [7, 11) is 1.70. The van der Waals surface area contributed by atoms with Crippen LogP contribution in [0.3, 0.4) is 0 Å². The summed E-state index contributed by atoms with van der Waals surface area (Å²) in [6, 6.07) is 20.1. The minimum absolute atomic E-state index is 0.00405. The number of nitrogens with one attached hydrogen (secondary N) is 1. The highest BCUT2D eigenvalue weighted by Crippen LogP contribution is 2.30. The molecule has 1 N–H and O–H groups in total. The average molecular weight is 362 g/mol. The van der Waals surface area contributed by atoms with Crippen molar-refractivity contribution in [3.63, 3.8) is 0 Å². The lowest BCUT2D eigenvalue weighted by atomic mass is 10.0. The van der Waals surface area contributed by atoms with E-state index < -0.39 is 0 Å². The van der Waals surface area contributed by atoms with Crippen LogP contribution in [0.4, 0.5) is 0 Å². The van der Waals surface area contributed by atoms with Gasteiger partial charge >= 0.3 is 0 Å². The molecule has 2 aromatic carbocycles. The monoisotopic (exact) mass is 362 g/mol. The van der Waals surface area contributed by atoms with E-state index in [4.69, 9.17) is 14.0 Å². The van der Waals surface area contributed by atoms with E-state index in [1.165, 1.54) is 0 Å². The first-order valence-electron chi connectivity index (χ1n) is 9.00. The molecule has 0 saturated carbocycles. The third-order valence-electron chi connectivity index (χ3n) is 4.66. The maximum atomic E-state index is 6.37. The van der Waals surface area contributed by atoms with Crippen LogP contribution >= 0.6 is 0 Å². The zero-order valence-electron chi connectivity index (χ0n) is 15.4. The molecule has 1 aliphatic rings. The largest absolute Gasteiger partial charge is 0.468 e. The third-order valence-corrected chi connectivity index (χ3v) is 4.66. The molecule has 0 aliphatic carbocycles. The van der Waals surface area contributed by atoms with Gasteiger partial charge in [0.2, 0.25) is 5.88 Å². The Balaban J connectivity index is 1.85. The number of rotatable bonds is 4. The number of methoxy groups -OCH3 is 1. The number of benzene rings is 2. The summed E-state index contributed by atoms with van der Waals surface area (Å²) in [5.74, 6) is 0.666. The normalized spacial score (nSPS) is 21.8. The van der Waals surface area contributed by atoms with Gasteiger partial charge in [0.05, 0.1) is 12.6 Å². The summed E-state index contributed by atoms with van der Waals surface area (Å²) in [4.78, 5) is 0. The Hall–Kier alpha value is -3.05. The summed E-state index contributed by atoms with van der Waals surface area (Å²) in [5.41, 5.74) is 3.52. The van der Waals surface area contributed by atoms with Crippen molar-refractivity contribution in [1.82, 2.24) is 10.5 Å². The second-order valence-corrected chi connectivity index (χ2v) is 6.41. The fourth-order valence-corrected chi connectivity index (χ4v) is 3.38. The van der Waals surface area contributed by atoms with Crippen molar-refractivity contribution in [1.29, 1.82) is 0 Å². The van der Waals surface area contributed by atoms with E-state index in [9.17, 15) is 0 Å². The van der Waals surface area contributed by atoms with Crippen molar-refractivity contribution in [2.45, 2.75) is 19.1 Å². The molecule has 5 heteroatoms. The highest BCUT2D eigenvalue weighted by molar-refractivity contribution is 5.62. The Morgan fingerprint density at radius 2 is 1.78 bits per heavy atom. The van der Waals surface area contributed by atoms with E-state index in [0.29, 0.717) is 17.9 Å². The second kappa shape index (κ2) is 7.68. The van der Waals surface area contributed by atoms with Gasteiger partial charge in [-0.25, -0.2) is 0 Å². The SMILES string of the molecule is C/C=c1\onc(-c2ccccc2)\c1=C1/N[C@@H](COC)[C@H](c2ccccc2)O1. The van der Waals surface area contributed by atoms with E-state index in [-0.39, 0.29) is 12.1 Å². The van der Waals surface area contributed by atoms with Gasteiger partial charge in [-0.3, -0.25) is 0 Å². The lowest BCUT2D eigenvalue weighted by Gasteiger charge is -2.16. The molecule has 0 unspecified atom stereocenters. The second-order valence-electron chi connectivity index (χ2n) is 6.41. The number of nitrogens with zero attached hydrogens (tertiary/aromatic N) is 1. The maximum absolute atomic E-state index is 6.37. The zero-order chi connectivity index (χ0) is 18.6. The maximum Gasteiger partial charge on any atom is 0.201 e. The van der Waals surface area contributed by atoms with Gasteiger partial charge in [0.15, 0.2) is 5.42 Å². The first-order valence-corrected chi connectivity index (χ1v) is 9.00. The van der Waals surface area contributed by atoms with Crippen LogP contribution in [0.2, 0.25) is 0 Å². The molecular formula is C22H22N2O3. The van der Waals surface area contributed by atoms with E-state index in [0.717, 1.165) is 22.0 Å². The zero-order valence-corrected chi connectivity index (χ0v) is 15.4.